The van der Waals surface area contributed by atoms with Gasteiger partial charge < -0.3 is 19.7 Å². The van der Waals surface area contributed by atoms with Gasteiger partial charge in [-0.15, -0.1) is 0 Å². The molecule has 3 aromatic heterocycles. The highest BCUT2D eigenvalue weighted by molar-refractivity contribution is 7.89. The standard InChI is InChI=1S/C23H33N7O5S/c1-4-7-18-19-20(27-30(18)12-13-31)22(32)26-21(25-19)17-14-16(15-24-23(17)35-6-3)36(33,34)29-10-8-28(5-2)9-11-29/h14-15,31H,4-13H2,1-3H3,(H,25,26,32). The average Bonchev–Trinajstić information content (AvgIpc) is 3.22. The zero-order valence-corrected chi connectivity index (χ0v) is 21.7. The molecule has 0 spiro atoms. The van der Waals surface area contributed by atoms with Crippen LogP contribution < -0.4 is 10.3 Å². The summed E-state index contributed by atoms with van der Waals surface area (Å²) in [6, 6.07) is 1.46. The predicted octanol–water partition coefficient (Wildman–Crippen LogP) is 0.851. The number of sulfonamides is 1. The van der Waals surface area contributed by atoms with Crippen LogP contribution in [0.1, 0.15) is 32.9 Å². The van der Waals surface area contributed by atoms with Crippen LogP contribution in [0.4, 0.5) is 0 Å². The molecule has 0 atom stereocenters. The number of aromatic amines is 1. The highest BCUT2D eigenvalue weighted by Crippen LogP contribution is 2.30. The van der Waals surface area contributed by atoms with Gasteiger partial charge in [-0.25, -0.2) is 18.4 Å². The minimum Gasteiger partial charge on any atom is -0.477 e. The fourth-order valence-corrected chi connectivity index (χ4v) is 5.78. The van der Waals surface area contributed by atoms with E-state index in [4.69, 9.17) is 4.74 Å². The summed E-state index contributed by atoms with van der Waals surface area (Å²) in [5.41, 5.74) is 1.13. The molecule has 0 radical (unpaired) electrons. The van der Waals surface area contributed by atoms with Crippen LogP contribution >= 0.6 is 0 Å². The molecule has 196 valence electrons. The molecule has 4 rings (SSSR count). The van der Waals surface area contributed by atoms with Crippen molar-refractivity contribution in [3.05, 3.63) is 28.3 Å². The van der Waals surface area contributed by atoms with Gasteiger partial charge in [-0.05, 0) is 26.0 Å². The molecular weight excluding hydrogens is 486 g/mol. The van der Waals surface area contributed by atoms with Gasteiger partial charge in [0, 0.05) is 26.2 Å². The van der Waals surface area contributed by atoms with Crippen molar-refractivity contribution in [2.45, 2.75) is 45.1 Å². The van der Waals surface area contributed by atoms with Crippen molar-refractivity contribution in [1.29, 1.82) is 0 Å². The topological polar surface area (TPSA) is 147 Å². The van der Waals surface area contributed by atoms with E-state index in [1.807, 2.05) is 6.92 Å². The van der Waals surface area contributed by atoms with Crippen LogP contribution in [0.2, 0.25) is 0 Å². The quantitative estimate of drug-likeness (QED) is 0.398. The molecule has 1 aliphatic heterocycles. The van der Waals surface area contributed by atoms with Crippen molar-refractivity contribution in [3.63, 3.8) is 0 Å². The SMILES string of the molecule is CCCc1c2nc(-c3cc(S(=O)(=O)N4CCN(CC)CC4)cnc3OCC)[nH]c(=O)c2nn1CCO. The molecule has 0 aliphatic carbocycles. The number of fused-ring (bicyclic) bond motifs is 1. The van der Waals surface area contributed by atoms with E-state index in [-0.39, 0.29) is 40.8 Å². The van der Waals surface area contributed by atoms with E-state index < -0.39 is 15.6 Å². The zero-order chi connectivity index (χ0) is 25.9. The number of aromatic nitrogens is 5. The summed E-state index contributed by atoms with van der Waals surface area (Å²) in [6.45, 7) is 9.25. The fourth-order valence-electron chi connectivity index (χ4n) is 4.39. The van der Waals surface area contributed by atoms with Crippen LogP contribution in [-0.2, 0) is 23.0 Å². The van der Waals surface area contributed by atoms with Crippen molar-refractivity contribution >= 4 is 21.1 Å². The second-order valence-electron chi connectivity index (χ2n) is 8.55. The number of likely N-dealkylation sites (N-methyl/N-ethyl adjacent to an activating group) is 1. The lowest BCUT2D eigenvalue weighted by Gasteiger charge is -2.33. The summed E-state index contributed by atoms with van der Waals surface area (Å²) in [5, 5.41) is 13.8. The minimum absolute atomic E-state index is 0.0124. The molecule has 3 aromatic rings. The third-order valence-electron chi connectivity index (χ3n) is 6.28. The van der Waals surface area contributed by atoms with E-state index in [9.17, 15) is 18.3 Å². The number of hydrogen-bond acceptors (Lipinski definition) is 9. The van der Waals surface area contributed by atoms with Crippen molar-refractivity contribution in [2.24, 2.45) is 0 Å². The number of aliphatic hydroxyl groups excluding tert-OH is 1. The Morgan fingerprint density at radius 2 is 1.89 bits per heavy atom. The Morgan fingerprint density at radius 1 is 1.14 bits per heavy atom. The molecule has 0 amide bonds. The molecule has 1 fully saturated rings. The molecular formula is C23H33N7O5S. The normalized spacial score (nSPS) is 15.6. The van der Waals surface area contributed by atoms with Gasteiger partial charge in [0.05, 0.1) is 37.2 Å². The Labute approximate surface area is 210 Å². The van der Waals surface area contributed by atoms with Crippen LogP contribution in [0, 0.1) is 0 Å². The molecule has 0 bridgehead atoms. The van der Waals surface area contributed by atoms with Crippen molar-refractivity contribution in [3.8, 4) is 17.3 Å². The van der Waals surface area contributed by atoms with Gasteiger partial charge in [-0.1, -0.05) is 20.3 Å². The molecule has 13 heteroatoms. The van der Waals surface area contributed by atoms with Gasteiger partial charge in [0.1, 0.15) is 16.2 Å². The highest BCUT2D eigenvalue weighted by atomic mass is 32.2. The van der Waals surface area contributed by atoms with Gasteiger partial charge in [0.25, 0.3) is 5.56 Å². The molecule has 0 unspecified atom stereocenters. The maximum atomic E-state index is 13.4. The lowest BCUT2D eigenvalue weighted by atomic mass is 10.2. The Hall–Kier alpha value is -2.87. The van der Waals surface area contributed by atoms with Gasteiger partial charge in [0.2, 0.25) is 15.9 Å². The summed E-state index contributed by atoms with van der Waals surface area (Å²) >= 11 is 0. The molecule has 0 aromatic carbocycles. The molecule has 1 saturated heterocycles. The third-order valence-corrected chi connectivity index (χ3v) is 8.14. The molecule has 0 saturated carbocycles. The van der Waals surface area contributed by atoms with Crippen LogP contribution in [0.15, 0.2) is 22.0 Å². The van der Waals surface area contributed by atoms with Gasteiger partial charge >= 0.3 is 0 Å². The molecule has 36 heavy (non-hydrogen) atoms. The van der Waals surface area contributed by atoms with E-state index in [1.165, 1.54) is 16.6 Å². The van der Waals surface area contributed by atoms with Crippen LogP contribution in [-0.4, -0.2) is 93.4 Å². The number of hydrogen-bond donors (Lipinski definition) is 2. The second kappa shape index (κ2) is 11.0. The van der Waals surface area contributed by atoms with Crippen LogP contribution in [0.25, 0.3) is 22.4 Å². The van der Waals surface area contributed by atoms with Crippen molar-refractivity contribution in [1.82, 2.24) is 33.9 Å². The number of piperazine rings is 1. The molecule has 12 nitrogen and oxygen atoms in total. The highest BCUT2D eigenvalue weighted by Gasteiger charge is 2.30. The number of aryl methyl sites for hydroxylation is 1. The fraction of sp³-hybridized carbons (Fsp3) is 0.565. The largest absolute Gasteiger partial charge is 0.477 e. The summed E-state index contributed by atoms with van der Waals surface area (Å²) in [5.74, 6) is 0.326. The Balaban J connectivity index is 1.82. The third kappa shape index (κ3) is 5.01. The maximum Gasteiger partial charge on any atom is 0.279 e. The summed E-state index contributed by atoms with van der Waals surface area (Å²) in [6.07, 6.45) is 2.69. The number of rotatable bonds is 10. The monoisotopic (exact) mass is 519 g/mol. The summed E-state index contributed by atoms with van der Waals surface area (Å²) < 4.78 is 35.6. The Kier molecular flexibility index (Phi) is 8.03. The molecule has 4 heterocycles. The first-order chi connectivity index (χ1) is 17.3. The van der Waals surface area contributed by atoms with Gasteiger partial charge in [-0.2, -0.15) is 9.40 Å². The Morgan fingerprint density at radius 3 is 2.53 bits per heavy atom. The number of ether oxygens (including phenoxy) is 1. The van der Waals surface area contributed by atoms with E-state index in [0.717, 1.165) is 18.7 Å². The zero-order valence-electron chi connectivity index (χ0n) is 20.9. The number of nitrogens with one attached hydrogen (secondary N) is 1. The van der Waals surface area contributed by atoms with E-state index in [2.05, 4.69) is 31.9 Å². The first-order valence-corrected chi connectivity index (χ1v) is 13.7. The minimum atomic E-state index is -3.80. The first kappa shape index (κ1) is 26.2. The number of pyridine rings is 1. The molecule has 1 aliphatic rings. The van der Waals surface area contributed by atoms with E-state index >= 15 is 0 Å². The lowest BCUT2D eigenvalue weighted by Crippen LogP contribution is -2.48. The molecule has 2 N–H and O–H groups in total. The number of nitrogens with zero attached hydrogens (tertiary/aromatic N) is 6. The van der Waals surface area contributed by atoms with Gasteiger partial charge in [0.15, 0.2) is 5.52 Å². The van der Waals surface area contributed by atoms with Crippen molar-refractivity contribution < 1.29 is 18.3 Å². The van der Waals surface area contributed by atoms with Gasteiger partial charge in [-0.3, -0.25) is 9.48 Å². The number of aliphatic hydroxyl groups is 1. The number of H-pyrrole nitrogens is 1. The maximum absolute atomic E-state index is 13.4. The predicted molar refractivity (Wildman–Crippen MR) is 135 cm³/mol. The average molecular weight is 520 g/mol. The van der Waals surface area contributed by atoms with E-state index in [0.29, 0.717) is 44.7 Å². The van der Waals surface area contributed by atoms with Crippen LogP contribution in [0.5, 0.6) is 5.88 Å². The van der Waals surface area contributed by atoms with E-state index in [1.54, 1.807) is 11.6 Å². The first-order valence-electron chi connectivity index (χ1n) is 12.3. The van der Waals surface area contributed by atoms with Crippen LogP contribution in [0.3, 0.4) is 0 Å². The smallest absolute Gasteiger partial charge is 0.279 e. The summed E-state index contributed by atoms with van der Waals surface area (Å²) in [4.78, 5) is 26.9. The lowest BCUT2D eigenvalue weighted by molar-refractivity contribution is 0.196. The second-order valence-corrected chi connectivity index (χ2v) is 10.5. The Bertz CT molecular complexity index is 1380. The summed E-state index contributed by atoms with van der Waals surface area (Å²) in [7, 11) is -3.80. The van der Waals surface area contributed by atoms with Crippen molar-refractivity contribution in [2.75, 3.05) is 45.9 Å².